The first kappa shape index (κ1) is 24.4. The number of nitro benzene ring substituents is 1. The third kappa shape index (κ3) is 6.57. The third-order valence-corrected chi connectivity index (χ3v) is 4.93. The van der Waals surface area contributed by atoms with Gasteiger partial charge in [-0.1, -0.05) is 26.2 Å². The molecule has 0 radical (unpaired) electrons. The number of non-ortho nitro benzene ring substituents is 1. The van der Waals surface area contributed by atoms with Crippen molar-refractivity contribution < 1.29 is 10.0 Å². The first-order valence-corrected chi connectivity index (χ1v) is 8.95. The summed E-state index contributed by atoms with van der Waals surface area (Å²) in [4.78, 5) is 13.1. The molecule has 0 aliphatic carbocycles. The number of rotatable bonds is 7. The number of nitrogens with zero attached hydrogens (tertiary/aromatic N) is 2. The van der Waals surface area contributed by atoms with E-state index in [9.17, 15) is 15.2 Å². The molecule has 2 N–H and O–H groups in total. The van der Waals surface area contributed by atoms with Gasteiger partial charge in [-0.15, -0.1) is 24.8 Å². The van der Waals surface area contributed by atoms with Crippen LogP contribution in [0.15, 0.2) is 16.6 Å². The van der Waals surface area contributed by atoms with Gasteiger partial charge < -0.3 is 10.4 Å². The molecule has 0 bridgehead atoms. The highest BCUT2D eigenvalue weighted by atomic mass is 79.9. The van der Waals surface area contributed by atoms with Crippen LogP contribution < -0.4 is 5.32 Å². The van der Waals surface area contributed by atoms with Crippen LogP contribution in [0.4, 0.5) is 5.69 Å². The topological polar surface area (TPSA) is 78.6 Å². The summed E-state index contributed by atoms with van der Waals surface area (Å²) in [6.45, 7) is 5.73. The molecule has 1 saturated heterocycles. The molecule has 1 fully saturated rings. The number of halogens is 3. The number of piperazine rings is 1. The lowest BCUT2D eigenvalue weighted by Crippen LogP contribution is -2.45. The summed E-state index contributed by atoms with van der Waals surface area (Å²) in [5, 5.41) is 24.9. The van der Waals surface area contributed by atoms with Crippen LogP contribution in [0, 0.1) is 10.1 Å². The molecule has 0 unspecified atom stereocenters. The van der Waals surface area contributed by atoms with Crippen LogP contribution in [0.2, 0.25) is 0 Å². The molecule has 0 spiro atoms. The smallest absolute Gasteiger partial charge is 0.271 e. The SMILES string of the molecule is CCCCC[C@@H](c1cc([N+](=O)[O-])cc(Br)c1O)N1CCNCC1.Cl.Cl. The number of nitro groups is 1. The molecule has 1 aliphatic heterocycles. The summed E-state index contributed by atoms with van der Waals surface area (Å²) in [5.41, 5.74) is 0.671. The fourth-order valence-electron chi connectivity index (χ4n) is 3.08. The molecule has 1 aromatic carbocycles. The number of unbranched alkanes of at least 4 members (excludes halogenated alkanes) is 2. The Balaban J connectivity index is 0.00000288. The van der Waals surface area contributed by atoms with Crippen molar-refractivity contribution in [1.82, 2.24) is 10.2 Å². The normalized spacial score (nSPS) is 15.8. The second-order valence-corrected chi connectivity index (χ2v) is 6.77. The molecule has 1 atom stereocenters. The molecule has 25 heavy (non-hydrogen) atoms. The van der Waals surface area contributed by atoms with Crippen molar-refractivity contribution >= 4 is 46.4 Å². The lowest BCUT2D eigenvalue weighted by Gasteiger charge is -2.35. The Morgan fingerprint density at radius 3 is 2.52 bits per heavy atom. The van der Waals surface area contributed by atoms with Gasteiger partial charge in [-0.25, -0.2) is 0 Å². The van der Waals surface area contributed by atoms with Gasteiger partial charge in [0.05, 0.1) is 9.40 Å². The standard InChI is InChI=1S/C16H24BrN3O3.2ClH/c1-2-3-4-5-15(19-8-6-18-7-9-19)13-10-12(20(22)23)11-14(17)16(13)21;;/h10-11,15,18,21H,2-9H2,1H3;2*1H/t15-;;/m0../s1. The van der Waals surface area contributed by atoms with Gasteiger partial charge in [-0.3, -0.25) is 15.0 Å². The average molecular weight is 459 g/mol. The molecule has 6 nitrogen and oxygen atoms in total. The van der Waals surface area contributed by atoms with Gasteiger partial charge in [0.15, 0.2) is 0 Å². The zero-order valence-corrected chi connectivity index (χ0v) is 17.5. The first-order valence-electron chi connectivity index (χ1n) is 8.16. The Labute approximate surface area is 169 Å². The molecule has 144 valence electrons. The van der Waals surface area contributed by atoms with Crippen LogP contribution >= 0.6 is 40.7 Å². The molecule has 2 rings (SSSR count). The summed E-state index contributed by atoms with van der Waals surface area (Å²) in [7, 11) is 0. The zero-order valence-electron chi connectivity index (χ0n) is 14.2. The number of phenolic OH excluding ortho intramolecular Hbond substituents is 1. The molecular formula is C16H26BrCl2N3O3. The fourth-order valence-corrected chi connectivity index (χ4v) is 3.54. The van der Waals surface area contributed by atoms with Gasteiger partial charge in [0.1, 0.15) is 5.75 Å². The van der Waals surface area contributed by atoms with Gasteiger partial charge in [-0.2, -0.15) is 0 Å². The van der Waals surface area contributed by atoms with Crippen LogP contribution in [-0.2, 0) is 0 Å². The number of hydrogen-bond acceptors (Lipinski definition) is 5. The fraction of sp³-hybridized carbons (Fsp3) is 0.625. The van der Waals surface area contributed by atoms with E-state index in [1.54, 1.807) is 0 Å². The zero-order chi connectivity index (χ0) is 16.8. The number of phenols is 1. The lowest BCUT2D eigenvalue weighted by atomic mass is 9.96. The highest BCUT2D eigenvalue weighted by Crippen LogP contribution is 2.40. The van der Waals surface area contributed by atoms with Gasteiger partial charge in [0.2, 0.25) is 0 Å². The van der Waals surface area contributed by atoms with E-state index in [0.717, 1.165) is 51.9 Å². The maximum absolute atomic E-state index is 11.2. The van der Waals surface area contributed by atoms with Crippen molar-refractivity contribution in [2.75, 3.05) is 26.2 Å². The molecule has 1 heterocycles. The molecular weight excluding hydrogens is 433 g/mol. The molecule has 1 aliphatic rings. The third-order valence-electron chi connectivity index (χ3n) is 4.32. The highest BCUT2D eigenvalue weighted by Gasteiger charge is 2.27. The van der Waals surface area contributed by atoms with Gasteiger partial charge in [0.25, 0.3) is 5.69 Å². The van der Waals surface area contributed by atoms with Crippen LogP contribution in [0.1, 0.15) is 44.2 Å². The number of hydrogen-bond donors (Lipinski definition) is 2. The van der Waals surface area contributed by atoms with E-state index in [4.69, 9.17) is 0 Å². The van der Waals surface area contributed by atoms with E-state index in [2.05, 4.69) is 33.1 Å². The van der Waals surface area contributed by atoms with E-state index in [0.29, 0.717) is 10.0 Å². The Morgan fingerprint density at radius 2 is 1.96 bits per heavy atom. The van der Waals surface area contributed by atoms with E-state index >= 15 is 0 Å². The largest absolute Gasteiger partial charge is 0.506 e. The summed E-state index contributed by atoms with van der Waals surface area (Å²) >= 11 is 3.25. The van der Waals surface area contributed by atoms with Crippen molar-refractivity contribution in [3.05, 3.63) is 32.3 Å². The quantitative estimate of drug-likeness (QED) is 0.359. The van der Waals surface area contributed by atoms with Crippen molar-refractivity contribution in [1.29, 1.82) is 0 Å². The Hall–Kier alpha value is -0.600. The number of nitrogens with one attached hydrogen (secondary N) is 1. The van der Waals surface area contributed by atoms with Crippen molar-refractivity contribution in [2.24, 2.45) is 0 Å². The minimum Gasteiger partial charge on any atom is -0.506 e. The molecule has 9 heteroatoms. The summed E-state index contributed by atoms with van der Waals surface area (Å²) in [6, 6.07) is 2.90. The van der Waals surface area contributed by atoms with Gasteiger partial charge >= 0.3 is 0 Å². The Bertz CT molecular complexity index is 558. The van der Waals surface area contributed by atoms with E-state index in [1.807, 2.05) is 0 Å². The van der Waals surface area contributed by atoms with Crippen molar-refractivity contribution in [3.63, 3.8) is 0 Å². The maximum Gasteiger partial charge on any atom is 0.271 e. The summed E-state index contributed by atoms with van der Waals surface area (Å²) in [5.74, 6) is 0.121. The molecule has 0 amide bonds. The predicted molar refractivity (Wildman–Crippen MR) is 108 cm³/mol. The monoisotopic (exact) mass is 457 g/mol. The highest BCUT2D eigenvalue weighted by molar-refractivity contribution is 9.10. The Morgan fingerprint density at radius 1 is 1.32 bits per heavy atom. The average Bonchev–Trinajstić information content (AvgIpc) is 2.55. The molecule has 1 aromatic rings. The maximum atomic E-state index is 11.2. The van der Waals surface area contributed by atoms with Gasteiger partial charge in [-0.05, 0) is 22.4 Å². The summed E-state index contributed by atoms with van der Waals surface area (Å²) in [6.07, 6.45) is 4.19. The molecule has 0 aromatic heterocycles. The van der Waals surface area contributed by atoms with E-state index in [-0.39, 0.29) is 42.3 Å². The van der Waals surface area contributed by atoms with Crippen LogP contribution in [0.5, 0.6) is 5.75 Å². The van der Waals surface area contributed by atoms with Crippen LogP contribution in [0.25, 0.3) is 0 Å². The van der Waals surface area contributed by atoms with Crippen LogP contribution in [0.3, 0.4) is 0 Å². The number of benzene rings is 1. The van der Waals surface area contributed by atoms with Crippen LogP contribution in [-0.4, -0.2) is 41.1 Å². The first-order chi connectivity index (χ1) is 11.0. The van der Waals surface area contributed by atoms with Crippen molar-refractivity contribution in [3.8, 4) is 5.75 Å². The second kappa shape index (κ2) is 11.9. The lowest BCUT2D eigenvalue weighted by molar-refractivity contribution is -0.385. The molecule has 0 saturated carbocycles. The van der Waals surface area contributed by atoms with Crippen molar-refractivity contribution in [2.45, 2.75) is 38.6 Å². The minimum atomic E-state index is -0.408. The second-order valence-electron chi connectivity index (χ2n) is 5.92. The minimum absolute atomic E-state index is 0. The summed E-state index contributed by atoms with van der Waals surface area (Å²) < 4.78 is 0.386. The number of aromatic hydroxyl groups is 1. The van der Waals surface area contributed by atoms with Gasteiger partial charge in [0, 0.05) is 49.9 Å². The predicted octanol–water partition coefficient (Wildman–Crippen LogP) is 4.43. The van der Waals surface area contributed by atoms with E-state index < -0.39 is 4.92 Å². The Kier molecular flexibility index (Phi) is 11.6. The van der Waals surface area contributed by atoms with E-state index in [1.165, 1.54) is 12.1 Å².